The number of amides is 1. The van der Waals surface area contributed by atoms with Crippen LogP contribution in [0.1, 0.15) is 39.5 Å². The molecule has 152 valence electrons. The van der Waals surface area contributed by atoms with Crippen molar-refractivity contribution in [2.75, 3.05) is 36.9 Å². The van der Waals surface area contributed by atoms with E-state index in [1.807, 2.05) is 18.7 Å². The van der Waals surface area contributed by atoms with Gasteiger partial charge in [-0.2, -0.15) is 11.8 Å². The lowest BCUT2D eigenvalue weighted by atomic mass is 10.1. The van der Waals surface area contributed by atoms with Crippen LogP contribution in [0.15, 0.2) is 4.99 Å². The third kappa shape index (κ3) is 8.20. The summed E-state index contributed by atoms with van der Waals surface area (Å²) < 4.78 is 23.0. The highest BCUT2D eigenvalue weighted by molar-refractivity contribution is 14.0. The highest BCUT2D eigenvalue weighted by Gasteiger charge is 2.29. The Morgan fingerprint density at radius 3 is 2.69 bits per heavy atom. The molecule has 0 spiro atoms. The Bertz CT molecular complexity index is 592. The first kappa shape index (κ1) is 23.8. The molecule has 10 heteroatoms. The van der Waals surface area contributed by atoms with Gasteiger partial charge in [0.05, 0.1) is 18.1 Å². The Kier molecular flexibility index (Phi) is 10.0. The summed E-state index contributed by atoms with van der Waals surface area (Å²) in [5.74, 6) is 2.04. The second-order valence-corrected chi connectivity index (χ2v) is 10.9. The van der Waals surface area contributed by atoms with Crippen LogP contribution in [0.25, 0.3) is 0 Å². The first-order valence-corrected chi connectivity index (χ1v) is 11.8. The summed E-state index contributed by atoms with van der Waals surface area (Å²) in [6, 6.07) is -0.237. The number of carbonyl (C=O) groups excluding carboxylic acids is 1. The van der Waals surface area contributed by atoms with Gasteiger partial charge in [0.1, 0.15) is 0 Å². The Morgan fingerprint density at radius 2 is 2.12 bits per heavy atom. The van der Waals surface area contributed by atoms with Gasteiger partial charge in [-0.05, 0) is 38.9 Å². The minimum atomic E-state index is -2.97. The molecule has 0 aromatic carbocycles. The molecule has 1 amide bonds. The molecule has 2 unspecified atom stereocenters. The summed E-state index contributed by atoms with van der Waals surface area (Å²) in [6.07, 6.45) is 3.25. The van der Waals surface area contributed by atoms with Crippen molar-refractivity contribution in [3.8, 4) is 0 Å². The van der Waals surface area contributed by atoms with E-state index in [4.69, 9.17) is 0 Å². The highest BCUT2D eigenvalue weighted by atomic mass is 127. The average molecular weight is 518 g/mol. The topological polar surface area (TPSA) is 99.7 Å². The zero-order chi connectivity index (χ0) is 18.3. The van der Waals surface area contributed by atoms with Gasteiger partial charge in [-0.15, -0.1) is 24.0 Å². The summed E-state index contributed by atoms with van der Waals surface area (Å²) in [4.78, 5) is 16.6. The number of hydrogen-bond donors (Lipinski definition) is 3. The van der Waals surface area contributed by atoms with E-state index in [1.165, 1.54) is 18.6 Å². The van der Waals surface area contributed by atoms with Crippen molar-refractivity contribution in [3.63, 3.8) is 0 Å². The molecule has 3 N–H and O–H groups in total. The van der Waals surface area contributed by atoms with Crippen molar-refractivity contribution in [2.45, 2.75) is 50.3 Å². The van der Waals surface area contributed by atoms with Crippen LogP contribution in [-0.2, 0) is 14.6 Å². The van der Waals surface area contributed by atoms with Crippen LogP contribution in [-0.4, -0.2) is 68.0 Å². The molecule has 2 heterocycles. The van der Waals surface area contributed by atoms with E-state index in [0.717, 1.165) is 19.0 Å². The monoisotopic (exact) mass is 518 g/mol. The molecule has 2 aliphatic rings. The molecular weight excluding hydrogens is 487 g/mol. The predicted molar refractivity (Wildman–Crippen MR) is 119 cm³/mol. The molecule has 0 aromatic heterocycles. The van der Waals surface area contributed by atoms with Gasteiger partial charge in [-0.3, -0.25) is 9.79 Å². The summed E-state index contributed by atoms with van der Waals surface area (Å²) in [5.41, 5.74) is 0. The fraction of sp³-hybridized carbons (Fsp3) is 0.875. The fourth-order valence-corrected chi connectivity index (χ4v) is 5.95. The first-order chi connectivity index (χ1) is 11.8. The van der Waals surface area contributed by atoms with Gasteiger partial charge in [0.25, 0.3) is 0 Å². The van der Waals surface area contributed by atoms with Crippen LogP contribution in [0, 0.1) is 0 Å². The van der Waals surface area contributed by atoms with Crippen LogP contribution in [0.5, 0.6) is 0 Å². The van der Waals surface area contributed by atoms with Crippen LogP contribution < -0.4 is 16.0 Å². The summed E-state index contributed by atoms with van der Waals surface area (Å²) in [7, 11) is -2.97. The van der Waals surface area contributed by atoms with Crippen molar-refractivity contribution >= 4 is 57.4 Å². The summed E-state index contributed by atoms with van der Waals surface area (Å²) >= 11 is 1.98. The Hall–Kier alpha value is -0.230. The molecule has 0 aliphatic carbocycles. The molecule has 2 atom stereocenters. The second-order valence-electron chi connectivity index (χ2n) is 6.94. The summed E-state index contributed by atoms with van der Waals surface area (Å²) in [5, 5.41) is 9.19. The number of nitrogens with zero attached hydrogens (tertiary/aromatic N) is 1. The molecule has 2 fully saturated rings. The molecule has 0 aromatic rings. The number of aliphatic imine (C=N–C) groups is 1. The largest absolute Gasteiger partial charge is 0.357 e. The quantitative estimate of drug-likeness (QED) is 0.266. The predicted octanol–water partition coefficient (Wildman–Crippen LogP) is 1.14. The number of halogens is 1. The standard InChI is InChI=1S/C16H30N4O3S2.HI/c1-3-17-15(19-12-16(2)7-4-9-24-16)18-8-5-14(21)20-13-6-10-25(22,23)11-13;/h13H,3-12H2,1-2H3,(H,20,21)(H2,17,18,19);1H. The number of nitrogens with one attached hydrogen (secondary N) is 3. The van der Waals surface area contributed by atoms with E-state index in [1.54, 1.807) is 0 Å². The lowest BCUT2D eigenvalue weighted by Crippen LogP contribution is -2.41. The molecule has 26 heavy (non-hydrogen) atoms. The number of thioether (sulfide) groups is 1. The molecule has 2 rings (SSSR count). The van der Waals surface area contributed by atoms with Crippen LogP contribution in [0.2, 0.25) is 0 Å². The van der Waals surface area contributed by atoms with Gasteiger partial charge in [0.2, 0.25) is 5.91 Å². The van der Waals surface area contributed by atoms with Crippen molar-refractivity contribution in [3.05, 3.63) is 0 Å². The summed E-state index contributed by atoms with van der Waals surface area (Å²) in [6.45, 7) is 6.26. The zero-order valence-corrected chi connectivity index (χ0v) is 19.5. The normalized spacial score (nSPS) is 27.6. The highest BCUT2D eigenvalue weighted by Crippen LogP contribution is 2.37. The molecule has 2 saturated heterocycles. The average Bonchev–Trinajstić information content (AvgIpc) is 3.11. The molecule has 0 bridgehead atoms. The Morgan fingerprint density at radius 1 is 1.35 bits per heavy atom. The van der Waals surface area contributed by atoms with Crippen molar-refractivity contribution in [2.24, 2.45) is 4.99 Å². The Labute approximate surface area is 178 Å². The van der Waals surface area contributed by atoms with Crippen molar-refractivity contribution in [1.82, 2.24) is 16.0 Å². The van der Waals surface area contributed by atoms with Gasteiger partial charge < -0.3 is 16.0 Å². The molecule has 0 saturated carbocycles. The molecule has 7 nitrogen and oxygen atoms in total. The molecule has 2 aliphatic heterocycles. The SMILES string of the molecule is CCNC(=NCC1(C)CCCS1)NCCC(=O)NC1CCS(=O)(=O)C1.I. The van der Waals surface area contributed by atoms with Gasteiger partial charge >= 0.3 is 0 Å². The van der Waals surface area contributed by atoms with E-state index in [-0.39, 0.29) is 52.2 Å². The first-order valence-electron chi connectivity index (χ1n) is 8.98. The van der Waals surface area contributed by atoms with E-state index in [9.17, 15) is 13.2 Å². The van der Waals surface area contributed by atoms with E-state index in [0.29, 0.717) is 19.4 Å². The smallest absolute Gasteiger partial charge is 0.222 e. The van der Waals surface area contributed by atoms with Crippen LogP contribution in [0.4, 0.5) is 0 Å². The lowest BCUT2D eigenvalue weighted by molar-refractivity contribution is -0.121. The van der Waals surface area contributed by atoms with Crippen LogP contribution in [0.3, 0.4) is 0 Å². The van der Waals surface area contributed by atoms with Gasteiger partial charge in [0.15, 0.2) is 15.8 Å². The molecular formula is C16H31IN4O3S2. The number of rotatable bonds is 7. The molecule has 0 radical (unpaired) electrons. The van der Waals surface area contributed by atoms with E-state index in [2.05, 4.69) is 27.9 Å². The maximum atomic E-state index is 12.0. The van der Waals surface area contributed by atoms with Gasteiger partial charge in [0, 0.05) is 30.3 Å². The minimum Gasteiger partial charge on any atom is -0.357 e. The van der Waals surface area contributed by atoms with Crippen LogP contribution >= 0.6 is 35.7 Å². The third-order valence-electron chi connectivity index (χ3n) is 4.46. The van der Waals surface area contributed by atoms with E-state index < -0.39 is 9.84 Å². The van der Waals surface area contributed by atoms with Crippen molar-refractivity contribution < 1.29 is 13.2 Å². The maximum absolute atomic E-state index is 12.0. The third-order valence-corrected chi connectivity index (χ3v) is 7.75. The van der Waals surface area contributed by atoms with E-state index >= 15 is 0 Å². The number of carbonyl (C=O) groups is 1. The second kappa shape index (κ2) is 10.9. The maximum Gasteiger partial charge on any atom is 0.222 e. The number of sulfone groups is 1. The number of guanidine groups is 1. The van der Waals surface area contributed by atoms with Gasteiger partial charge in [-0.1, -0.05) is 0 Å². The zero-order valence-electron chi connectivity index (χ0n) is 15.5. The fourth-order valence-electron chi connectivity index (χ4n) is 3.05. The van der Waals surface area contributed by atoms with Crippen molar-refractivity contribution in [1.29, 1.82) is 0 Å². The Balaban J connectivity index is 0.00000338. The minimum absolute atomic E-state index is 0. The van der Waals surface area contributed by atoms with Gasteiger partial charge in [-0.25, -0.2) is 8.42 Å². The lowest BCUT2D eigenvalue weighted by Gasteiger charge is -2.21. The number of hydrogen-bond acceptors (Lipinski definition) is 5.